The smallest absolute Gasteiger partial charge is 0.336 e. The predicted molar refractivity (Wildman–Crippen MR) is 118 cm³/mol. The van der Waals surface area contributed by atoms with Crippen molar-refractivity contribution in [2.24, 2.45) is 0 Å². The van der Waals surface area contributed by atoms with Crippen LogP contribution in [-0.2, 0) is 6.42 Å². The molecule has 0 aliphatic carbocycles. The molecule has 0 aliphatic heterocycles. The van der Waals surface area contributed by atoms with E-state index >= 15 is 0 Å². The molecule has 0 bridgehead atoms. The third-order valence-corrected chi connectivity index (χ3v) is 5.29. The summed E-state index contributed by atoms with van der Waals surface area (Å²) in [6.07, 6.45) is 0.575. The highest BCUT2D eigenvalue weighted by Crippen LogP contribution is 2.27. The molecule has 0 aliphatic rings. The fourth-order valence-electron chi connectivity index (χ4n) is 3.53. The number of carboxylic acid groups (broad SMARTS) is 1. The molecule has 3 rings (SSSR count). The van der Waals surface area contributed by atoms with Crippen LogP contribution in [0.3, 0.4) is 0 Å². The molecule has 0 unspecified atom stereocenters. The van der Waals surface area contributed by atoms with Crippen LogP contribution in [0.25, 0.3) is 11.1 Å². The quantitative estimate of drug-likeness (QED) is 0.554. The van der Waals surface area contributed by atoms with Crippen LogP contribution in [0.2, 0.25) is 0 Å². The molecule has 154 valence electrons. The van der Waals surface area contributed by atoms with Crippen molar-refractivity contribution >= 4 is 17.6 Å². The number of rotatable bonds is 6. The average molecular weight is 403 g/mol. The van der Waals surface area contributed by atoms with E-state index < -0.39 is 5.97 Å². The highest BCUT2D eigenvalue weighted by atomic mass is 16.4. The van der Waals surface area contributed by atoms with Crippen molar-refractivity contribution in [3.8, 4) is 11.1 Å². The summed E-state index contributed by atoms with van der Waals surface area (Å²) in [6, 6.07) is 16.8. The Morgan fingerprint density at radius 3 is 2.27 bits per heavy atom. The van der Waals surface area contributed by atoms with E-state index in [0.717, 1.165) is 27.8 Å². The Morgan fingerprint density at radius 2 is 1.57 bits per heavy atom. The summed E-state index contributed by atoms with van der Waals surface area (Å²) >= 11 is 0. The number of aliphatic hydroxyl groups excluding tert-OH is 1. The van der Waals surface area contributed by atoms with Gasteiger partial charge in [-0.25, -0.2) is 4.79 Å². The maximum Gasteiger partial charge on any atom is 0.336 e. The molecule has 0 fully saturated rings. The van der Waals surface area contributed by atoms with Gasteiger partial charge in [-0.1, -0.05) is 42.5 Å². The Hall–Kier alpha value is -3.44. The number of carbonyl (C=O) groups is 2. The van der Waals surface area contributed by atoms with E-state index in [0.29, 0.717) is 23.2 Å². The van der Waals surface area contributed by atoms with Gasteiger partial charge in [0.2, 0.25) is 0 Å². The Labute approximate surface area is 176 Å². The Balaban J connectivity index is 1.96. The Morgan fingerprint density at radius 1 is 0.867 bits per heavy atom. The summed E-state index contributed by atoms with van der Waals surface area (Å²) in [7, 11) is 0. The molecule has 3 aromatic rings. The highest BCUT2D eigenvalue weighted by Gasteiger charge is 2.17. The fraction of sp³-hybridized carbons (Fsp3) is 0.200. The van der Waals surface area contributed by atoms with E-state index in [2.05, 4.69) is 5.32 Å². The van der Waals surface area contributed by atoms with Gasteiger partial charge in [0.25, 0.3) is 5.91 Å². The first-order valence-corrected chi connectivity index (χ1v) is 9.77. The molecule has 3 aromatic carbocycles. The van der Waals surface area contributed by atoms with Crippen molar-refractivity contribution in [1.29, 1.82) is 0 Å². The first-order valence-electron chi connectivity index (χ1n) is 9.77. The van der Waals surface area contributed by atoms with Crippen LogP contribution >= 0.6 is 0 Å². The van der Waals surface area contributed by atoms with E-state index in [1.54, 1.807) is 19.1 Å². The van der Waals surface area contributed by atoms with Crippen LogP contribution < -0.4 is 5.32 Å². The number of anilines is 1. The van der Waals surface area contributed by atoms with E-state index in [4.69, 9.17) is 0 Å². The number of nitrogens with one attached hydrogen (secondary N) is 1. The minimum absolute atomic E-state index is 0.0825. The fourth-order valence-corrected chi connectivity index (χ4v) is 3.53. The van der Waals surface area contributed by atoms with Crippen LogP contribution in [0.15, 0.2) is 54.6 Å². The van der Waals surface area contributed by atoms with Crippen LogP contribution in [0, 0.1) is 20.8 Å². The van der Waals surface area contributed by atoms with Crippen molar-refractivity contribution in [2.75, 3.05) is 11.9 Å². The zero-order valence-electron chi connectivity index (χ0n) is 17.3. The summed E-state index contributed by atoms with van der Waals surface area (Å²) in [5.41, 5.74) is 6.27. The lowest BCUT2D eigenvalue weighted by atomic mass is 9.97. The van der Waals surface area contributed by atoms with E-state index in [1.165, 1.54) is 0 Å². The Bertz CT molecular complexity index is 1120. The summed E-state index contributed by atoms with van der Waals surface area (Å²) in [5, 5.41) is 21.5. The molecule has 0 saturated carbocycles. The molecule has 5 nitrogen and oxygen atoms in total. The van der Waals surface area contributed by atoms with Gasteiger partial charge in [0.05, 0.1) is 5.56 Å². The molecule has 0 atom stereocenters. The standard InChI is InChI=1S/C25H25NO4/c1-15-7-9-20(19-6-4-5-18(13-19)11-12-27)14-22(15)24(28)26-23-16(2)8-10-21(17(23)3)25(29)30/h4-10,13-14,27H,11-12H2,1-3H3,(H,26,28)(H,29,30). The third kappa shape index (κ3) is 4.42. The van der Waals surface area contributed by atoms with Gasteiger partial charge in [0.15, 0.2) is 0 Å². The number of aromatic carboxylic acids is 1. The lowest BCUT2D eigenvalue weighted by Gasteiger charge is -2.15. The van der Waals surface area contributed by atoms with Gasteiger partial charge in [0.1, 0.15) is 0 Å². The number of benzene rings is 3. The topological polar surface area (TPSA) is 86.6 Å². The number of amides is 1. The Kier molecular flexibility index (Phi) is 6.33. The summed E-state index contributed by atoms with van der Waals surface area (Å²) in [4.78, 5) is 24.5. The summed E-state index contributed by atoms with van der Waals surface area (Å²) in [6.45, 7) is 5.49. The zero-order valence-corrected chi connectivity index (χ0v) is 17.3. The maximum atomic E-state index is 13.1. The molecule has 0 heterocycles. The lowest BCUT2D eigenvalue weighted by molar-refractivity contribution is 0.0695. The second-order valence-electron chi connectivity index (χ2n) is 7.39. The van der Waals surface area contributed by atoms with E-state index in [1.807, 2.05) is 56.3 Å². The molecule has 0 spiro atoms. The van der Waals surface area contributed by atoms with Crippen LogP contribution in [0.1, 0.15) is 43.0 Å². The number of aliphatic hydroxyl groups is 1. The second-order valence-corrected chi connectivity index (χ2v) is 7.39. The van der Waals surface area contributed by atoms with Crippen LogP contribution in [-0.4, -0.2) is 28.7 Å². The van der Waals surface area contributed by atoms with Crippen molar-refractivity contribution in [3.63, 3.8) is 0 Å². The van der Waals surface area contributed by atoms with Crippen LogP contribution in [0.5, 0.6) is 0 Å². The number of hydrogen-bond donors (Lipinski definition) is 3. The largest absolute Gasteiger partial charge is 0.478 e. The average Bonchev–Trinajstić information content (AvgIpc) is 2.71. The highest BCUT2D eigenvalue weighted by molar-refractivity contribution is 6.07. The molecule has 3 N–H and O–H groups in total. The minimum atomic E-state index is -1.02. The lowest BCUT2D eigenvalue weighted by Crippen LogP contribution is -2.16. The van der Waals surface area contributed by atoms with Gasteiger partial charge in [0, 0.05) is 17.9 Å². The van der Waals surface area contributed by atoms with Gasteiger partial charge in [-0.05, 0) is 72.7 Å². The van der Waals surface area contributed by atoms with E-state index in [-0.39, 0.29) is 18.1 Å². The molecular weight excluding hydrogens is 378 g/mol. The van der Waals surface area contributed by atoms with Gasteiger partial charge in [-0.15, -0.1) is 0 Å². The molecular formula is C25H25NO4. The molecule has 0 aromatic heterocycles. The number of hydrogen-bond acceptors (Lipinski definition) is 3. The molecule has 1 amide bonds. The molecule has 0 radical (unpaired) electrons. The number of carbonyl (C=O) groups excluding carboxylic acids is 1. The SMILES string of the molecule is Cc1ccc(-c2cccc(CCO)c2)cc1C(=O)Nc1c(C)ccc(C(=O)O)c1C. The first kappa shape index (κ1) is 21.3. The van der Waals surface area contributed by atoms with Crippen molar-refractivity contribution in [3.05, 3.63) is 88.0 Å². The van der Waals surface area contributed by atoms with Gasteiger partial charge in [-0.2, -0.15) is 0 Å². The summed E-state index contributed by atoms with van der Waals surface area (Å²) in [5.74, 6) is -1.31. The molecule has 5 heteroatoms. The number of carboxylic acids is 1. The predicted octanol–water partition coefficient (Wildman–Crippen LogP) is 4.76. The monoisotopic (exact) mass is 403 g/mol. The van der Waals surface area contributed by atoms with E-state index in [9.17, 15) is 19.8 Å². The van der Waals surface area contributed by atoms with Crippen molar-refractivity contribution in [2.45, 2.75) is 27.2 Å². The van der Waals surface area contributed by atoms with Crippen molar-refractivity contribution in [1.82, 2.24) is 0 Å². The molecule has 0 saturated heterocycles. The minimum Gasteiger partial charge on any atom is -0.478 e. The van der Waals surface area contributed by atoms with Gasteiger partial charge < -0.3 is 15.5 Å². The molecule has 30 heavy (non-hydrogen) atoms. The van der Waals surface area contributed by atoms with Crippen LogP contribution in [0.4, 0.5) is 5.69 Å². The second kappa shape index (κ2) is 8.93. The summed E-state index contributed by atoms with van der Waals surface area (Å²) < 4.78 is 0. The third-order valence-electron chi connectivity index (χ3n) is 5.29. The van der Waals surface area contributed by atoms with Crippen molar-refractivity contribution < 1.29 is 19.8 Å². The van der Waals surface area contributed by atoms with Gasteiger partial charge in [-0.3, -0.25) is 4.79 Å². The van der Waals surface area contributed by atoms with Gasteiger partial charge >= 0.3 is 5.97 Å². The number of aryl methyl sites for hydroxylation is 2. The first-order chi connectivity index (χ1) is 14.3. The maximum absolute atomic E-state index is 13.1. The zero-order chi connectivity index (χ0) is 21.8. The normalized spacial score (nSPS) is 10.7.